The summed E-state index contributed by atoms with van der Waals surface area (Å²) in [6.07, 6.45) is 0.575. The summed E-state index contributed by atoms with van der Waals surface area (Å²) in [5, 5.41) is 10.2. The molecule has 158 valence electrons. The molecule has 0 saturated heterocycles. The number of benzene rings is 2. The molecule has 0 spiro atoms. The van der Waals surface area contributed by atoms with Crippen LogP contribution in [-0.4, -0.2) is 20.6 Å². The van der Waals surface area contributed by atoms with Crippen molar-refractivity contribution in [3.05, 3.63) is 91.4 Å². The van der Waals surface area contributed by atoms with Crippen LogP contribution in [0.2, 0.25) is 0 Å². The Labute approximate surface area is 182 Å². The standard InChI is InChI=1S/C24H22N2O4S/c1-14-8-10-16(11-9-14)12-13-18(23(28)29)26-22(27)20-19(17-6-4-3-5-7-17)15(2)31-21(20)25-24(26)30/h3-11,18H,12-13H2,1-2H3,(H,25,30)(H,28,29). The lowest BCUT2D eigenvalue weighted by Crippen LogP contribution is -2.41. The van der Waals surface area contributed by atoms with Gasteiger partial charge in [0.15, 0.2) is 0 Å². The maximum atomic E-state index is 13.4. The maximum absolute atomic E-state index is 13.4. The van der Waals surface area contributed by atoms with Crippen molar-refractivity contribution < 1.29 is 9.90 Å². The molecule has 31 heavy (non-hydrogen) atoms. The van der Waals surface area contributed by atoms with Crippen molar-refractivity contribution in [2.24, 2.45) is 0 Å². The number of aryl methyl sites for hydroxylation is 3. The monoisotopic (exact) mass is 434 g/mol. The Morgan fingerprint density at radius 1 is 1.06 bits per heavy atom. The zero-order valence-corrected chi connectivity index (χ0v) is 18.0. The summed E-state index contributed by atoms with van der Waals surface area (Å²) in [7, 11) is 0. The van der Waals surface area contributed by atoms with Crippen LogP contribution in [0, 0.1) is 13.8 Å². The molecule has 0 saturated carbocycles. The molecule has 0 radical (unpaired) electrons. The number of carboxylic acid groups (broad SMARTS) is 1. The number of aromatic nitrogens is 2. The average molecular weight is 435 g/mol. The van der Waals surface area contributed by atoms with Gasteiger partial charge in [-0.2, -0.15) is 0 Å². The Balaban J connectivity index is 1.83. The summed E-state index contributed by atoms with van der Waals surface area (Å²) in [6.45, 7) is 3.87. The van der Waals surface area contributed by atoms with E-state index < -0.39 is 23.3 Å². The van der Waals surface area contributed by atoms with Gasteiger partial charge in [-0.3, -0.25) is 9.78 Å². The lowest BCUT2D eigenvalue weighted by Gasteiger charge is -2.15. The van der Waals surface area contributed by atoms with E-state index in [-0.39, 0.29) is 6.42 Å². The molecule has 6 nitrogen and oxygen atoms in total. The van der Waals surface area contributed by atoms with Crippen molar-refractivity contribution in [3.8, 4) is 11.1 Å². The Morgan fingerprint density at radius 3 is 2.39 bits per heavy atom. The number of hydrogen-bond acceptors (Lipinski definition) is 4. The highest BCUT2D eigenvalue weighted by Crippen LogP contribution is 2.35. The Bertz CT molecular complexity index is 1370. The molecule has 0 fully saturated rings. The number of thiophene rings is 1. The number of fused-ring (bicyclic) bond motifs is 1. The molecule has 2 heterocycles. The van der Waals surface area contributed by atoms with E-state index in [2.05, 4.69) is 4.98 Å². The second kappa shape index (κ2) is 8.35. The number of aromatic amines is 1. The highest BCUT2D eigenvalue weighted by atomic mass is 32.1. The summed E-state index contributed by atoms with van der Waals surface area (Å²) in [5.74, 6) is -1.20. The SMILES string of the molecule is Cc1ccc(CCC(C(=O)O)n2c(=O)[nH]c3sc(C)c(-c4ccccc4)c3c2=O)cc1. The van der Waals surface area contributed by atoms with E-state index in [1.54, 1.807) is 0 Å². The number of aliphatic carboxylic acids is 1. The fraction of sp³-hybridized carbons (Fsp3) is 0.208. The van der Waals surface area contributed by atoms with Gasteiger partial charge in [-0.05, 0) is 37.8 Å². The molecule has 0 aliphatic heterocycles. The van der Waals surface area contributed by atoms with Crippen molar-refractivity contribution in [2.75, 3.05) is 0 Å². The van der Waals surface area contributed by atoms with Crippen LogP contribution < -0.4 is 11.2 Å². The fourth-order valence-corrected chi connectivity index (χ4v) is 4.92. The van der Waals surface area contributed by atoms with E-state index in [1.807, 2.05) is 68.4 Å². The van der Waals surface area contributed by atoms with Crippen molar-refractivity contribution in [1.82, 2.24) is 9.55 Å². The van der Waals surface area contributed by atoms with Gasteiger partial charge in [0, 0.05) is 10.4 Å². The zero-order chi connectivity index (χ0) is 22.1. The van der Waals surface area contributed by atoms with Gasteiger partial charge >= 0.3 is 11.7 Å². The average Bonchev–Trinajstić information content (AvgIpc) is 3.07. The molecular formula is C24H22N2O4S. The van der Waals surface area contributed by atoms with Crippen LogP contribution in [0.4, 0.5) is 0 Å². The predicted octanol–water partition coefficient (Wildman–Crippen LogP) is 4.29. The Hall–Kier alpha value is -3.45. The Kier molecular flexibility index (Phi) is 5.61. The van der Waals surface area contributed by atoms with Crippen molar-refractivity contribution in [2.45, 2.75) is 32.7 Å². The van der Waals surface area contributed by atoms with Crippen LogP contribution >= 0.6 is 11.3 Å². The van der Waals surface area contributed by atoms with Crippen LogP contribution in [0.3, 0.4) is 0 Å². The Morgan fingerprint density at radius 2 is 1.74 bits per heavy atom. The van der Waals surface area contributed by atoms with Gasteiger partial charge in [0.1, 0.15) is 10.9 Å². The van der Waals surface area contributed by atoms with Gasteiger partial charge in [-0.1, -0.05) is 60.2 Å². The number of carbonyl (C=O) groups is 1. The quantitative estimate of drug-likeness (QED) is 0.473. The summed E-state index contributed by atoms with van der Waals surface area (Å²) < 4.78 is 0.859. The minimum absolute atomic E-state index is 0.136. The molecule has 1 unspecified atom stereocenters. The number of H-pyrrole nitrogens is 1. The van der Waals surface area contributed by atoms with Crippen molar-refractivity contribution >= 4 is 27.5 Å². The van der Waals surface area contributed by atoms with E-state index in [1.165, 1.54) is 11.3 Å². The number of hydrogen-bond donors (Lipinski definition) is 2. The number of nitrogens with zero attached hydrogens (tertiary/aromatic N) is 1. The molecule has 0 bridgehead atoms. The van der Waals surface area contributed by atoms with Crippen LogP contribution in [0.5, 0.6) is 0 Å². The van der Waals surface area contributed by atoms with Crippen molar-refractivity contribution in [3.63, 3.8) is 0 Å². The zero-order valence-electron chi connectivity index (χ0n) is 17.2. The van der Waals surface area contributed by atoms with Crippen LogP contribution in [0.25, 0.3) is 21.3 Å². The van der Waals surface area contributed by atoms with Gasteiger partial charge in [0.05, 0.1) is 5.39 Å². The molecule has 2 N–H and O–H groups in total. The van der Waals surface area contributed by atoms with Gasteiger partial charge in [-0.25, -0.2) is 14.2 Å². The number of rotatable bonds is 6. The van der Waals surface area contributed by atoms with E-state index in [0.29, 0.717) is 16.6 Å². The third kappa shape index (κ3) is 3.96. The molecule has 7 heteroatoms. The molecule has 0 aliphatic carbocycles. The van der Waals surface area contributed by atoms with E-state index in [9.17, 15) is 19.5 Å². The first-order valence-corrected chi connectivity index (χ1v) is 10.8. The van der Waals surface area contributed by atoms with Gasteiger partial charge in [0.25, 0.3) is 5.56 Å². The highest BCUT2D eigenvalue weighted by molar-refractivity contribution is 7.19. The molecular weight excluding hydrogens is 412 g/mol. The van der Waals surface area contributed by atoms with Gasteiger partial charge in [0.2, 0.25) is 0 Å². The first-order chi connectivity index (χ1) is 14.9. The first-order valence-electron chi connectivity index (χ1n) is 9.98. The predicted molar refractivity (Wildman–Crippen MR) is 123 cm³/mol. The largest absolute Gasteiger partial charge is 0.480 e. The van der Waals surface area contributed by atoms with E-state index >= 15 is 0 Å². The molecule has 0 aliphatic rings. The summed E-state index contributed by atoms with van der Waals surface area (Å²) in [4.78, 5) is 42.4. The smallest absolute Gasteiger partial charge is 0.330 e. The highest BCUT2D eigenvalue weighted by Gasteiger charge is 2.26. The maximum Gasteiger partial charge on any atom is 0.330 e. The lowest BCUT2D eigenvalue weighted by molar-refractivity contribution is -0.141. The molecule has 2 aromatic heterocycles. The lowest BCUT2D eigenvalue weighted by atomic mass is 10.0. The third-order valence-electron chi connectivity index (χ3n) is 5.44. The molecule has 1 atom stereocenters. The first kappa shape index (κ1) is 20.8. The second-order valence-electron chi connectivity index (χ2n) is 7.59. The summed E-state index contributed by atoms with van der Waals surface area (Å²) >= 11 is 1.33. The minimum Gasteiger partial charge on any atom is -0.480 e. The molecule has 4 rings (SSSR count). The fourth-order valence-electron chi connectivity index (χ4n) is 3.86. The van der Waals surface area contributed by atoms with Crippen LogP contribution in [0.1, 0.15) is 28.5 Å². The van der Waals surface area contributed by atoms with E-state index in [4.69, 9.17) is 0 Å². The topological polar surface area (TPSA) is 92.2 Å². The molecule has 4 aromatic rings. The van der Waals surface area contributed by atoms with Crippen LogP contribution in [-0.2, 0) is 11.2 Å². The third-order valence-corrected chi connectivity index (χ3v) is 6.46. The normalized spacial score (nSPS) is 12.2. The van der Waals surface area contributed by atoms with Crippen molar-refractivity contribution in [1.29, 1.82) is 0 Å². The number of carboxylic acids is 1. The van der Waals surface area contributed by atoms with Gasteiger partial charge in [-0.15, -0.1) is 11.3 Å². The van der Waals surface area contributed by atoms with Gasteiger partial charge < -0.3 is 5.11 Å². The summed E-state index contributed by atoms with van der Waals surface area (Å²) in [5.41, 5.74) is 2.39. The summed E-state index contributed by atoms with van der Waals surface area (Å²) in [6, 6.07) is 16.0. The van der Waals surface area contributed by atoms with Crippen LogP contribution in [0.15, 0.2) is 64.2 Å². The molecule has 2 aromatic carbocycles. The number of nitrogens with one attached hydrogen (secondary N) is 1. The second-order valence-corrected chi connectivity index (χ2v) is 8.81. The van der Waals surface area contributed by atoms with E-state index in [0.717, 1.165) is 31.7 Å². The molecule has 0 amide bonds. The minimum atomic E-state index is -1.26.